The SMILES string of the molecule is NC(=O)c1ccc(NC(=O)CSc2nnc(-c3ccccc3)n2-c2ccccc2)cc1. The Hall–Kier alpha value is -3.91. The van der Waals surface area contributed by atoms with E-state index in [1.807, 2.05) is 65.2 Å². The molecule has 3 aromatic carbocycles. The van der Waals surface area contributed by atoms with Gasteiger partial charge in [0, 0.05) is 22.5 Å². The Balaban J connectivity index is 1.52. The van der Waals surface area contributed by atoms with Crippen LogP contribution in [0, 0.1) is 0 Å². The summed E-state index contributed by atoms with van der Waals surface area (Å²) in [6, 6.07) is 26.0. The van der Waals surface area contributed by atoms with Crippen molar-refractivity contribution in [3.63, 3.8) is 0 Å². The summed E-state index contributed by atoms with van der Waals surface area (Å²) in [6.07, 6.45) is 0. The van der Waals surface area contributed by atoms with E-state index in [1.54, 1.807) is 24.3 Å². The Morgan fingerprint density at radius 2 is 1.52 bits per heavy atom. The molecule has 4 aromatic rings. The number of carbonyl (C=O) groups is 2. The number of primary amides is 1. The number of rotatable bonds is 7. The van der Waals surface area contributed by atoms with Gasteiger partial charge in [-0.3, -0.25) is 14.2 Å². The molecular formula is C23H19N5O2S. The van der Waals surface area contributed by atoms with Crippen molar-refractivity contribution in [1.82, 2.24) is 14.8 Å². The van der Waals surface area contributed by atoms with Crippen LogP contribution in [-0.4, -0.2) is 32.3 Å². The fraction of sp³-hybridized carbons (Fsp3) is 0.0435. The van der Waals surface area contributed by atoms with Gasteiger partial charge in [0.05, 0.1) is 5.75 Å². The molecule has 3 N–H and O–H groups in total. The van der Waals surface area contributed by atoms with Crippen molar-refractivity contribution >= 4 is 29.3 Å². The van der Waals surface area contributed by atoms with E-state index in [1.165, 1.54) is 11.8 Å². The van der Waals surface area contributed by atoms with E-state index in [9.17, 15) is 9.59 Å². The number of nitrogens with zero attached hydrogens (tertiary/aromatic N) is 3. The molecule has 2 amide bonds. The van der Waals surface area contributed by atoms with Gasteiger partial charge in [0.15, 0.2) is 11.0 Å². The Labute approximate surface area is 183 Å². The second kappa shape index (κ2) is 9.27. The number of nitrogens with two attached hydrogens (primary N) is 1. The van der Waals surface area contributed by atoms with E-state index in [4.69, 9.17) is 5.73 Å². The molecule has 8 heteroatoms. The van der Waals surface area contributed by atoms with Crippen LogP contribution in [0.2, 0.25) is 0 Å². The molecule has 0 aliphatic rings. The van der Waals surface area contributed by atoms with Crippen LogP contribution in [0.15, 0.2) is 90.1 Å². The Bertz CT molecular complexity index is 1190. The van der Waals surface area contributed by atoms with Crippen LogP contribution < -0.4 is 11.1 Å². The Kier molecular flexibility index (Phi) is 6.09. The first-order valence-electron chi connectivity index (χ1n) is 9.50. The summed E-state index contributed by atoms with van der Waals surface area (Å²) in [5.74, 6) is 0.150. The van der Waals surface area contributed by atoms with Crippen LogP contribution in [-0.2, 0) is 4.79 Å². The molecular weight excluding hydrogens is 410 g/mol. The summed E-state index contributed by atoms with van der Waals surface area (Å²) < 4.78 is 1.94. The number of hydrogen-bond donors (Lipinski definition) is 2. The third kappa shape index (κ3) is 4.81. The summed E-state index contributed by atoms with van der Waals surface area (Å²) in [4.78, 5) is 23.6. The first-order valence-corrected chi connectivity index (χ1v) is 10.5. The fourth-order valence-electron chi connectivity index (χ4n) is 2.99. The fourth-order valence-corrected chi connectivity index (χ4v) is 3.74. The summed E-state index contributed by atoms with van der Waals surface area (Å²) >= 11 is 1.30. The topological polar surface area (TPSA) is 103 Å². The van der Waals surface area contributed by atoms with Crippen molar-refractivity contribution < 1.29 is 9.59 Å². The minimum absolute atomic E-state index is 0.150. The molecule has 0 atom stereocenters. The minimum Gasteiger partial charge on any atom is -0.366 e. The highest BCUT2D eigenvalue weighted by molar-refractivity contribution is 7.99. The maximum atomic E-state index is 12.4. The van der Waals surface area contributed by atoms with Crippen molar-refractivity contribution in [3.05, 3.63) is 90.5 Å². The number of hydrogen-bond acceptors (Lipinski definition) is 5. The predicted octanol–water partition coefficient (Wildman–Crippen LogP) is 3.76. The van der Waals surface area contributed by atoms with Crippen LogP contribution >= 0.6 is 11.8 Å². The van der Waals surface area contributed by atoms with E-state index in [0.717, 1.165) is 11.3 Å². The molecule has 1 aromatic heterocycles. The number of para-hydroxylation sites is 1. The lowest BCUT2D eigenvalue weighted by molar-refractivity contribution is -0.113. The molecule has 0 bridgehead atoms. The van der Waals surface area contributed by atoms with E-state index in [-0.39, 0.29) is 11.7 Å². The van der Waals surface area contributed by atoms with Crippen LogP contribution in [0.3, 0.4) is 0 Å². The number of nitrogens with one attached hydrogen (secondary N) is 1. The second-order valence-corrected chi connectivity index (χ2v) is 7.56. The number of anilines is 1. The van der Waals surface area contributed by atoms with E-state index in [2.05, 4.69) is 15.5 Å². The standard InChI is InChI=1S/C23H19N5O2S/c24-21(30)16-11-13-18(14-12-16)25-20(29)15-31-23-27-26-22(17-7-3-1-4-8-17)28(23)19-9-5-2-6-10-19/h1-14H,15H2,(H2,24,30)(H,25,29). The monoisotopic (exact) mass is 429 g/mol. The quantitative estimate of drug-likeness (QED) is 0.436. The average molecular weight is 430 g/mol. The van der Waals surface area contributed by atoms with E-state index in [0.29, 0.717) is 22.2 Å². The Morgan fingerprint density at radius 3 is 2.16 bits per heavy atom. The maximum absolute atomic E-state index is 12.4. The summed E-state index contributed by atoms with van der Waals surface area (Å²) in [5, 5.41) is 12.1. The normalized spacial score (nSPS) is 10.6. The van der Waals surface area contributed by atoms with Crippen LogP contribution in [0.5, 0.6) is 0 Å². The third-order valence-corrected chi connectivity index (χ3v) is 5.39. The van der Waals surface area contributed by atoms with Gasteiger partial charge in [-0.05, 0) is 36.4 Å². The molecule has 0 spiro atoms. The van der Waals surface area contributed by atoms with E-state index >= 15 is 0 Å². The lowest BCUT2D eigenvalue weighted by Crippen LogP contribution is -2.15. The molecule has 0 saturated carbocycles. The molecule has 0 fully saturated rings. The van der Waals surface area contributed by atoms with Gasteiger partial charge in [-0.2, -0.15) is 0 Å². The van der Waals surface area contributed by atoms with Gasteiger partial charge in [0.2, 0.25) is 11.8 Å². The molecule has 7 nitrogen and oxygen atoms in total. The van der Waals surface area contributed by atoms with Crippen molar-refractivity contribution in [1.29, 1.82) is 0 Å². The van der Waals surface area contributed by atoms with Crippen molar-refractivity contribution in [3.8, 4) is 17.1 Å². The van der Waals surface area contributed by atoms with Gasteiger partial charge in [-0.1, -0.05) is 60.3 Å². The highest BCUT2D eigenvalue weighted by atomic mass is 32.2. The molecule has 0 saturated heterocycles. The summed E-state index contributed by atoms with van der Waals surface area (Å²) in [5.41, 5.74) is 8.06. The van der Waals surface area contributed by atoms with Gasteiger partial charge in [-0.25, -0.2) is 0 Å². The highest BCUT2D eigenvalue weighted by Crippen LogP contribution is 2.27. The molecule has 0 aliphatic carbocycles. The number of carbonyl (C=O) groups excluding carboxylic acids is 2. The number of aromatic nitrogens is 3. The van der Waals surface area contributed by atoms with Crippen LogP contribution in [0.4, 0.5) is 5.69 Å². The van der Waals surface area contributed by atoms with Crippen molar-refractivity contribution in [2.75, 3.05) is 11.1 Å². The largest absolute Gasteiger partial charge is 0.366 e. The number of amides is 2. The van der Waals surface area contributed by atoms with Crippen molar-refractivity contribution in [2.24, 2.45) is 5.73 Å². The van der Waals surface area contributed by atoms with Crippen LogP contribution in [0.25, 0.3) is 17.1 Å². The Morgan fingerprint density at radius 1 is 0.871 bits per heavy atom. The lowest BCUT2D eigenvalue weighted by atomic mass is 10.2. The van der Waals surface area contributed by atoms with Gasteiger partial charge in [-0.15, -0.1) is 10.2 Å². The summed E-state index contributed by atoms with van der Waals surface area (Å²) in [6.45, 7) is 0. The highest BCUT2D eigenvalue weighted by Gasteiger charge is 2.17. The van der Waals surface area contributed by atoms with Crippen molar-refractivity contribution in [2.45, 2.75) is 5.16 Å². The first kappa shape index (κ1) is 20.4. The summed E-state index contributed by atoms with van der Waals surface area (Å²) in [7, 11) is 0. The molecule has 0 unspecified atom stereocenters. The zero-order valence-corrected chi connectivity index (χ0v) is 17.3. The molecule has 4 rings (SSSR count). The number of thioether (sulfide) groups is 1. The molecule has 0 aliphatic heterocycles. The molecule has 154 valence electrons. The minimum atomic E-state index is -0.511. The van der Waals surface area contributed by atoms with Gasteiger partial charge < -0.3 is 11.1 Å². The lowest BCUT2D eigenvalue weighted by Gasteiger charge is -2.10. The molecule has 1 heterocycles. The third-order valence-electron chi connectivity index (χ3n) is 4.47. The molecule has 31 heavy (non-hydrogen) atoms. The van der Waals surface area contributed by atoms with Gasteiger partial charge in [0.1, 0.15) is 0 Å². The smallest absolute Gasteiger partial charge is 0.248 e. The number of benzene rings is 3. The van der Waals surface area contributed by atoms with Gasteiger partial charge in [0.25, 0.3) is 0 Å². The average Bonchev–Trinajstić information content (AvgIpc) is 3.23. The van der Waals surface area contributed by atoms with Gasteiger partial charge >= 0.3 is 0 Å². The predicted molar refractivity (Wildman–Crippen MR) is 121 cm³/mol. The first-order chi connectivity index (χ1) is 15.1. The molecule has 0 radical (unpaired) electrons. The second-order valence-electron chi connectivity index (χ2n) is 6.62. The van der Waals surface area contributed by atoms with E-state index < -0.39 is 5.91 Å². The van der Waals surface area contributed by atoms with Crippen LogP contribution in [0.1, 0.15) is 10.4 Å². The zero-order chi connectivity index (χ0) is 21.6. The maximum Gasteiger partial charge on any atom is 0.248 e. The zero-order valence-electron chi connectivity index (χ0n) is 16.4.